The van der Waals surface area contributed by atoms with Gasteiger partial charge in [0, 0.05) is 17.2 Å². The average Bonchev–Trinajstić information content (AvgIpc) is 3.54. The van der Waals surface area contributed by atoms with Gasteiger partial charge < -0.3 is 5.32 Å². The van der Waals surface area contributed by atoms with Gasteiger partial charge in [0.15, 0.2) is 0 Å². The second-order valence-electron chi connectivity index (χ2n) is 10.4. The number of nitrogens with one attached hydrogen (secondary N) is 1. The Bertz CT molecular complexity index is 1440. The summed E-state index contributed by atoms with van der Waals surface area (Å²) in [6.45, 7) is 8.66. The highest BCUT2D eigenvalue weighted by atomic mass is 32.2. The predicted octanol–water partition coefficient (Wildman–Crippen LogP) is 5.42. The number of anilines is 1. The van der Waals surface area contributed by atoms with Crippen LogP contribution in [0.2, 0.25) is 0 Å². The lowest BCUT2D eigenvalue weighted by Gasteiger charge is -2.24. The fraction of sp³-hybridized carbons (Fsp3) is 0.310. The number of carbonyl (C=O) groups is 2. The van der Waals surface area contributed by atoms with Crippen molar-refractivity contribution in [1.82, 2.24) is 20.1 Å². The lowest BCUT2D eigenvalue weighted by Crippen LogP contribution is -2.42. The average molecular weight is 546 g/mol. The Labute approximate surface area is 231 Å². The molecule has 0 saturated carbocycles. The molecule has 1 N–H and O–H groups in total. The Balaban J connectivity index is 1.64. The molecule has 0 radical (unpaired) electrons. The smallest absolute Gasteiger partial charge is 0.240 e. The number of pyridine rings is 1. The summed E-state index contributed by atoms with van der Waals surface area (Å²) in [6, 6.07) is 15.7. The second-order valence-corrected chi connectivity index (χ2v) is 12.2. The van der Waals surface area contributed by atoms with Crippen molar-refractivity contribution in [1.29, 1.82) is 0 Å². The first-order chi connectivity index (χ1) is 18.2. The van der Waals surface area contributed by atoms with Crippen LogP contribution in [0.4, 0.5) is 5.82 Å². The van der Waals surface area contributed by atoms with E-state index in [9.17, 15) is 9.59 Å². The van der Waals surface area contributed by atoms with E-state index in [4.69, 9.17) is 5.10 Å². The maximum Gasteiger partial charge on any atom is 0.240 e. The number of benzene rings is 1. The number of amides is 2. The highest BCUT2D eigenvalue weighted by molar-refractivity contribution is 8.00. The van der Waals surface area contributed by atoms with Gasteiger partial charge in [-0.15, -0.1) is 11.8 Å². The largest absolute Gasteiger partial charge is 0.349 e. The van der Waals surface area contributed by atoms with E-state index in [-0.39, 0.29) is 34.8 Å². The Morgan fingerprint density at radius 1 is 1.13 bits per heavy atom. The number of aromatic nitrogens is 3. The number of thioether (sulfide) groups is 1. The van der Waals surface area contributed by atoms with E-state index in [1.165, 1.54) is 0 Å². The molecule has 0 aliphatic carbocycles. The maximum absolute atomic E-state index is 13.7. The molecule has 1 aliphatic rings. The van der Waals surface area contributed by atoms with Crippen LogP contribution in [-0.2, 0) is 21.5 Å². The normalized spacial score (nSPS) is 15.7. The van der Waals surface area contributed by atoms with E-state index in [1.54, 1.807) is 34.2 Å². The van der Waals surface area contributed by atoms with Gasteiger partial charge in [-0.2, -0.15) is 16.4 Å². The zero-order valence-corrected chi connectivity index (χ0v) is 23.6. The third kappa shape index (κ3) is 5.26. The first kappa shape index (κ1) is 26.2. The molecule has 1 aliphatic heterocycles. The Hall–Kier alpha value is -3.43. The van der Waals surface area contributed by atoms with Gasteiger partial charge in [0.25, 0.3) is 0 Å². The summed E-state index contributed by atoms with van der Waals surface area (Å²) in [5.41, 5.74) is 5.46. The molecule has 2 amide bonds. The van der Waals surface area contributed by atoms with Crippen molar-refractivity contribution in [2.75, 3.05) is 17.2 Å². The minimum atomic E-state index is -0.285. The van der Waals surface area contributed by atoms with Crippen LogP contribution < -0.4 is 10.2 Å². The van der Waals surface area contributed by atoms with Crippen LogP contribution >= 0.6 is 23.1 Å². The summed E-state index contributed by atoms with van der Waals surface area (Å²) in [7, 11) is 0. The van der Waals surface area contributed by atoms with Crippen molar-refractivity contribution in [3.63, 3.8) is 0 Å². The summed E-state index contributed by atoms with van der Waals surface area (Å²) in [5, 5.41) is 12.2. The second kappa shape index (κ2) is 10.7. The molecule has 1 atom stereocenters. The van der Waals surface area contributed by atoms with Crippen LogP contribution in [0, 0.1) is 6.92 Å². The van der Waals surface area contributed by atoms with Crippen molar-refractivity contribution in [2.24, 2.45) is 0 Å². The fourth-order valence-corrected chi connectivity index (χ4v) is 6.58. The highest BCUT2D eigenvalue weighted by Gasteiger charge is 2.40. The molecule has 0 fully saturated rings. The van der Waals surface area contributed by atoms with E-state index in [1.807, 2.05) is 54.1 Å². The van der Waals surface area contributed by atoms with E-state index < -0.39 is 0 Å². The molecule has 0 saturated heterocycles. The lowest BCUT2D eigenvalue weighted by atomic mass is 9.87. The summed E-state index contributed by atoms with van der Waals surface area (Å²) >= 11 is 3.24. The van der Waals surface area contributed by atoms with Crippen molar-refractivity contribution >= 4 is 40.7 Å². The van der Waals surface area contributed by atoms with Gasteiger partial charge in [-0.3, -0.25) is 19.5 Å². The maximum atomic E-state index is 13.7. The Morgan fingerprint density at radius 2 is 1.92 bits per heavy atom. The van der Waals surface area contributed by atoms with Gasteiger partial charge in [-0.25, -0.2) is 4.68 Å². The van der Waals surface area contributed by atoms with Gasteiger partial charge in [-0.1, -0.05) is 45.0 Å². The minimum absolute atomic E-state index is 0.0752. The predicted molar refractivity (Wildman–Crippen MR) is 154 cm³/mol. The number of hydrogen-bond donors (Lipinski definition) is 1. The number of thiophene rings is 1. The van der Waals surface area contributed by atoms with Crippen molar-refractivity contribution in [2.45, 2.75) is 44.9 Å². The first-order valence-electron chi connectivity index (χ1n) is 12.5. The molecule has 1 aromatic carbocycles. The van der Waals surface area contributed by atoms with Gasteiger partial charge in [0.05, 0.1) is 34.6 Å². The first-order valence-corrected chi connectivity index (χ1v) is 14.5. The van der Waals surface area contributed by atoms with Crippen LogP contribution in [0.3, 0.4) is 0 Å². The standard InChI is InChI=1S/C29H31N5O2S2/c1-19-9-5-6-11-22(19)34-28-25(27(32-34)29(2,3)4)26(20-12-14-37-17-20)38-18-24(36)33(28)16-23(35)31-15-21-10-7-8-13-30-21/h5-14,17,26H,15-16,18H2,1-4H3,(H,31,35)/t26-/m0/s1. The highest BCUT2D eigenvalue weighted by Crippen LogP contribution is 2.48. The number of hydrogen-bond acceptors (Lipinski definition) is 6. The Kier molecular flexibility index (Phi) is 7.40. The quantitative estimate of drug-likeness (QED) is 0.350. The molecule has 5 rings (SSSR count). The van der Waals surface area contributed by atoms with E-state index >= 15 is 0 Å². The van der Waals surface area contributed by atoms with Crippen molar-refractivity contribution in [3.8, 4) is 5.69 Å². The number of carbonyl (C=O) groups excluding carboxylic acids is 2. The number of aryl methyl sites for hydroxylation is 1. The van der Waals surface area contributed by atoms with E-state index in [0.29, 0.717) is 12.4 Å². The van der Waals surface area contributed by atoms with Gasteiger partial charge in [0.1, 0.15) is 12.4 Å². The molecule has 3 aromatic heterocycles. The third-order valence-corrected chi connectivity index (χ3v) is 8.44. The van der Waals surface area contributed by atoms with Crippen molar-refractivity contribution in [3.05, 3.63) is 93.6 Å². The molecule has 0 bridgehead atoms. The Morgan fingerprint density at radius 3 is 2.61 bits per heavy atom. The number of nitrogens with zero attached hydrogens (tertiary/aromatic N) is 4. The summed E-state index contributed by atoms with van der Waals surface area (Å²) < 4.78 is 1.88. The summed E-state index contributed by atoms with van der Waals surface area (Å²) in [5.74, 6) is 0.574. The van der Waals surface area contributed by atoms with Gasteiger partial charge >= 0.3 is 0 Å². The number of rotatable bonds is 6. The van der Waals surface area contributed by atoms with Gasteiger partial charge in [-0.05, 0) is 53.1 Å². The molecule has 0 unspecified atom stereocenters. The van der Waals surface area contributed by atoms with Crippen LogP contribution in [0.5, 0.6) is 0 Å². The van der Waals surface area contributed by atoms with E-state index in [2.05, 4.69) is 47.9 Å². The minimum Gasteiger partial charge on any atom is -0.349 e. The summed E-state index contributed by atoms with van der Waals surface area (Å²) in [6.07, 6.45) is 1.70. The monoisotopic (exact) mass is 545 g/mol. The molecule has 196 valence electrons. The molecule has 0 spiro atoms. The zero-order chi connectivity index (χ0) is 26.9. The topological polar surface area (TPSA) is 80.1 Å². The van der Waals surface area contributed by atoms with Crippen LogP contribution in [0.25, 0.3) is 5.69 Å². The molecular weight excluding hydrogens is 514 g/mol. The zero-order valence-electron chi connectivity index (χ0n) is 22.0. The molecule has 7 nitrogen and oxygen atoms in total. The third-order valence-electron chi connectivity index (χ3n) is 6.48. The molecule has 38 heavy (non-hydrogen) atoms. The SMILES string of the molecule is Cc1ccccc1-n1nc(C(C)(C)C)c2c1N(CC(=O)NCc1ccccn1)C(=O)CS[C@H]2c1ccsc1. The van der Waals surface area contributed by atoms with E-state index in [0.717, 1.165) is 33.8 Å². The molecular formula is C29H31N5O2S2. The van der Waals surface area contributed by atoms with Crippen LogP contribution in [0.1, 0.15) is 54.1 Å². The number of fused-ring (bicyclic) bond motifs is 1. The van der Waals surface area contributed by atoms with Crippen LogP contribution in [0.15, 0.2) is 65.5 Å². The van der Waals surface area contributed by atoms with Crippen LogP contribution in [-0.4, -0.2) is 38.9 Å². The fourth-order valence-electron chi connectivity index (χ4n) is 4.62. The van der Waals surface area contributed by atoms with Gasteiger partial charge in [0.2, 0.25) is 11.8 Å². The van der Waals surface area contributed by atoms with Crippen molar-refractivity contribution < 1.29 is 9.59 Å². The molecule has 4 heterocycles. The summed E-state index contributed by atoms with van der Waals surface area (Å²) in [4.78, 5) is 32.8. The lowest BCUT2D eigenvalue weighted by molar-refractivity contribution is -0.123. The number of para-hydroxylation sites is 1. The molecule has 9 heteroatoms. The molecule has 4 aromatic rings.